The fraction of sp³-hybridized carbons (Fsp3) is 0.800. The summed E-state index contributed by atoms with van der Waals surface area (Å²) in [7, 11) is 1.89. The van der Waals surface area contributed by atoms with Gasteiger partial charge in [-0.3, -0.25) is 4.68 Å². The molecule has 0 aliphatic carbocycles. The number of rotatable bonds is 6. The summed E-state index contributed by atoms with van der Waals surface area (Å²) in [6, 6.07) is 0. The van der Waals surface area contributed by atoms with Crippen molar-refractivity contribution in [3.05, 3.63) is 12.2 Å². The molecule has 86 valence electrons. The lowest BCUT2D eigenvalue weighted by Crippen LogP contribution is -2.37. The molecule has 0 radical (unpaired) electrons. The molecule has 0 saturated carbocycles. The van der Waals surface area contributed by atoms with Gasteiger partial charge in [0.2, 0.25) is 0 Å². The second kappa shape index (κ2) is 5.23. The highest BCUT2D eigenvalue weighted by Crippen LogP contribution is 2.06. The molecule has 0 unspecified atom stereocenters. The Kier molecular flexibility index (Phi) is 4.23. The molecule has 0 atom stereocenters. The van der Waals surface area contributed by atoms with Gasteiger partial charge in [0.1, 0.15) is 12.2 Å². The Labute approximate surface area is 90.8 Å². The monoisotopic (exact) mass is 212 g/mol. The van der Waals surface area contributed by atoms with E-state index in [1.807, 2.05) is 14.0 Å². The lowest BCUT2D eigenvalue weighted by molar-refractivity contribution is -0.00911. The zero-order valence-corrected chi connectivity index (χ0v) is 9.95. The highest BCUT2D eigenvalue weighted by atomic mass is 16.5. The van der Waals surface area contributed by atoms with E-state index in [1.54, 1.807) is 11.0 Å². The quantitative estimate of drug-likeness (QED) is 0.755. The van der Waals surface area contributed by atoms with Crippen LogP contribution < -0.4 is 5.32 Å². The first-order chi connectivity index (χ1) is 7.05. The average molecular weight is 212 g/mol. The maximum Gasteiger partial charge on any atom is 0.140 e. The van der Waals surface area contributed by atoms with Crippen molar-refractivity contribution in [2.24, 2.45) is 7.05 Å². The molecule has 0 spiro atoms. The van der Waals surface area contributed by atoms with E-state index in [-0.39, 0.29) is 5.60 Å². The van der Waals surface area contributed by atoms with E-state index in [0.717, 1.165) is 19.0 Å². The number of nitrogens with zero attached hydrogens (tertiary/aromatic N) is 3. The largest absolute Gasteiger partial charge is 0.375 e. The third kappa shape index (κ3) is 3.97. The molecule has 0 fully saturated rings. The molecular formula is C10H20N4O. The minimum absolute atomic E-state index is 0.132. The summed E-state index contributed by atoms with van der Waals surface area (Å²) in [5, 5.41) is 7.31. The van der Waals surface area contributed by atoms with Gasteiger partial charge in [-0.2, -0.15) is 5.10 Å². The van der Waals surface area contributed by atoms with Gasteiger partial charge < -0.3 is 10.1 Å². The van der Waals surface area contributed by atoms with E-state index in [2.05, 4.69) is 29.2 Å². The maximum absolute atomic E-state index is 5.57. The molecule has 0 aromatic carbocycles. The molecule has 1 N–H and O–H groups in total. The standard InChI is InChI=1S/C10H20N4O/c1-5-15-10(2,3)7-11-6-9-12-8-13-14(9)4/h8,11H,5-7H2,1-4H3. The Morgan fingerprint density at radius 2 is 2.27 bits per heavy atom. The van der Waals surface area contributed by atoms with E-state index in [1.165, 1.54) is 0 Å². The van der Waals surface area contributed by atoms with Crippen LogP contribution in [-0.2, 0) is 18.3 Å². The normalized spacial score (nSPS) is 12.0. The summed E-state index contributed by atoms with van der Waals surface area (Å²) in [5.41, 5.74) is -0.132. The molecule has 0 aliphatic rings. The Morgan fingerprint density at radius 1 is 1.53 bits per heavy atom. The second-order valence-electron chi connectivity index (χ2n) is 4.10. The molecule has 1 rings (SSSR count). The van der Waals surface area contributed by atoms with Gasteiger partial charge in [-0.25, -0.2) is 4.98 Å². The van der Waals surface area contributed by atoms with Gasteiger partial charge in [-0.1, -0.05) is 0 Å². The molecule has 5 heteroatoms. The van der Waals surface area contributed by atoms with E-state index < -0.39 is 0 Å². The van der Waals surface area contributed by atoms with Crippen molar-refractivity contribution in [3.8, 4) is 0 Å². The summed E-state index contributed by atoms with van der Waals surface area (Å²) in [6.07, 6.45) is 1.56. The van der Waals surface area contributed by atoms with Crippen molar-refractivity contribution < 1.29 is 4.74 Å². The van der Waals surface area contributed by atoms with Crippen molar-refractivity contribution in [2.45, 2.75) is 32.9 Å². The van der Waals surface area contributed by atoms with E-state index in [0.29, 0.717) is 6.54 Å². The minimum atomic E-state index is -0.132. The highest BCUT2D eigenvalue weighted by molar-refractivity contribution is 4.83. The third-order valence-electron chi connectivity index (χ3n) is 2.17. The number of nitrogens with one attached hydrogen (secondary N) is 1. The second-order valence-corrected chi connectivity index (χ2v) is 4.10. The first-order valence-corrected chi connectivity index (χ1v) is 5.22. The van der Waals surface area contributed by atoms with Crippen molar-refractivity contribution in [1.29, 1.82) is 0 Å². The zero-order valence-electron chi connectivity index (χ0n) is 9.95. The average Bonchev–Trinajstić information content (AvgIpc) is 2.51. The van der Waals surface area contributed by atoms with E-state index in [4.69, 9.17) is 4.74 Å². The Bertz CT molecular complexity index is 295. The first kappa shape index (κ1) is 12.1. The number of ether oxygens (including phenoxy) is 1. The van der Waals surface area contributed by atoms with Crippen LogP contribution in [0.1, 0.15) is 26.6 Å². The Hall–Kier alpha value is -0.940. The maximum atomic E-state index is 5.57. The van der Waals surface area contributed by atoms with E-state index in [9.17, 15) is 0 Å². The molecule has 5 nitrogen and oxygen atoms in total. The van der Waals surface area contributed by atoms with Crippen LogP contribution in [0.5, 0.6) is 0 Å². The van der Waals surface area contributed by atoms with Gasteiger partial charge in [0.05, 0.1) is 12.1 Å². The van der Waals surface area contributed by atoms with Crippen molar-refractivity contribution in [1.82, 2.24) is 20.1 Å². The molecule has 1 aromatic heterocycles. The lowest BCUT2D eigenvalue weighted by atomic mass is 10.1. The summed E-state index contributed by atoms with van der Waals surface area (Å²) < 4.78 is 7.34. The van der Waals surface area contributed by atoms with Crippen LogP contribution in [0.3, 0.4) is 0 Å². The van der Waals surface area contributed by atoms with Crippen LogP contribution in [-0.4, -0.2) is 33.5 Å². The van der Waals surface area contributed by atoms with Crippen LogP contribution in [0.4, 0.5) is 0 Å². The van der Waals surface area contributed by atoms with Gasteiger partial charge in [-0.15, -0.1) is 0 Å². The van der Waals surface area contributed by atoms with Gasteiger partial charge >= 0.3 is 0 Å². The summed E-state index contributed by atoms with van der Waals surface area (Å²) in [5.74, 6) is 0.933. The van der Waals surface area contributed by atoms with Crippen molar-refractivity contribution >= 4 is 0 Å². The predicted octanol–water partition coefficient (Wildman–Crippen LogP) is 0.720. The summed E-state index contributed by atoms with van der Waals surface area (Å²) in [4.78, 5) is 4.13. The number of hydrogen-bond acceptors (Lipinski definition) is 4. The molecule has 0 amide bonds. The third-order valence-corrected chi connectivity index (χ3v) is 2.17. The van der Waals surface area contributed by atoms with Gasteiger partial charge in [0, 0.05) is 20.2 Å². The fourth-order valence-corrected chi connectivity index (χ4v) is 1.40. The number of hydrogen-bond donors (Lipinski definition) is 1. The van der Waals surface area contributed by atoms with Crippen LogP contribution in [0.25, 0.3) is 0 Å². The summed E-state index contributed by atoms with van der Waals surface area (Å²) in [6.45, 7) is 8.39. The smallest absolute Gasteiger partial charge is 0.140 e. The molecule has 0 saturated heterocycles. The molecule has 15 heavy (non-hydrogen) atoms. The van der Waals surface area contributed by atoms with Crippen molar-refractivity contribution in [2.75, 3.05) is 13.2 Å². The van der Waals surface area contributed by atoms with Gasteiger partial charge in [-0.05, 0) is 20.8 Å². The summed E-state index contributed by atoms with van der Waals surface area (Å²) >= 11 is 0. The molecule has 0 bridgehead atoms. The van der Waals surface area contributed by atoms with Crippen LogP contribution in [0.2, 0.25) is 0 Å². The van der Waals surface area contributed by atoms with Gasteiger partial charge in [0.15, 0.2) is 0 Å². The van der Waals surface area contributed by atoms with Crippen LogP contribution in [0, 0.1) is 0 Å². The van der Waals surface area contributed by atoms with E-state index >= 15 is 0 Å². The SMILES string of the molecule is CCOC(C)(C)CNCc1ncnn1C. The topological polar surface area (TPSA) is 52.0 Å². The fourth-order valence-electron chi connectivity index (χ4n) is 1.40. The molecular weight excluding hydrogens is 192 g/mol. The van der Waals surface area contributed by atoms with Crippen LogP contribution in [0.15, 0.2) is 6.33 Å². The predicted molar refractivity (Wildman–Crippen MR) is 58.4 cm³/mol. The first-order valence-electron chi connectivity index (χ1n) is 5.22. The van der Waals surface area contributed by atoms with Gasteiger partial charge in [0.25, 0.3) is 0 Å². The van der Waals surface area contributed by atoms with Crippen LogP contribution >= 0.6 is 0 Å². The Balaban J connectivity index is 2.30. The minimum Gasteiger partial charge on any atom is -0.375 e. The molecule has 1 aromatic rings. The zero-order chi connectivity index (χ0) is 11.3. The highest BCUT2D eigenvalue weighted by Gasteiger charge is 2.16. The Morgan fingerprint density at radius 3 is 2.80 bits per heavy atom. The van der Waals surface area contributed by atoms with Crippen molar-refractivity contribution in [3.63, 3.8) is 0 Å². The number of aromatic nitrogens is 3. The molecule has 0 aliphatic heterocycles. The molecule has 1 heterocycles. The number of aryl methyl sites for hydroxylation is 1. The lowest BCUT2D eigenvalue weighted by Gasteiger charge is -2.24.